The second-order valence-corrected chi connectivity index (χ2v) is 8.64. The van der Waals surface area contributed by atoms with Gasteiger partial charge in [0.1, 0.15) is 5.82 Å². The van der Waals surface area contributed by atoms with Gasteiger partial charge in [0.15, 0.2) is 11.7 Å². The van der Waals surface area contributed by atoms with E-state index < -0.39 is 10.0 Å². The van der Waals surface area contributed by atoms with Crippen molar-refractivity contribution in [2.24, 2.45) is 0 Å². The summed E-state index contributed by atoms with van der Waals surface area (Å²) in [7, 11) is -3.24. The van der Waals surface area contributed by atoms with Crippen LogP contribution in [0.3, 0.4) is 0 Å². The van der Waals surface area contributed by atoms with Gasteiger partial charge in [-0.2, -0.15) is 0 Å². The van der Waals surface area contributed by atoms with Crippen LogP contribution in [0.15, 0.2) is 34.9 Å². The molecule has 27 heavy (non-hydrogen) atoms. The molecule has 9 heteroatoms. The lowest BCUT2D eigenvalue weighted by Gasteiger charge is -2.31. The normalized spacial score (nSPS) is 18.4. The molecule has 0 spiro atoms. The molecule has 1 saturated heterocycles. The molecule has 1 atom stereocenters. The van der Waals surface area contributed by atoms with Crippen LogP contribution in [-0.4, -0.2) is 49.0 Å². The van der Waals surface area contributed by atoms with Gasteiger partial charge in [0.2, 0.25) is 15.9 Å². The topological polar surface area (TPSA) is 92.5 Å². The molecule has 1 aliphatic heterocycles. The fourth-order valence-corrected chi connectivity index (χ4v) is 3.97. The minimum atomic E-state index is -3.24. The summed E-state index contributed by atoms with van der Waals surface area (Å²) in [5, 5.41) is 2.88. The summed E-state index contributed by atoms with van der Waals surface area (Å²) >= 11 is 0. The summed E-state index contributed by atoms with van der Waals surface area (Å²) in [4.78, 5) is 16.3. The van der Waals surface area contributed by atoms with Crippen molar-refractivity contribution in [1.29, 1.82) is 0 Å². The van der Waals surface area contributed by atoms with Gasteiger partial charge in [-0.15, -0.1) is 0 Å². The molecule has 0 unspecified atom stereocenters. The Labute approximate surface area is 157 Å². The summed E-state index contributed by atoms with van der Waals surface area (Å²) in [6.45, 7) is 0.798. The van der Waals surface area contributed by atoms with Crippen LogP contribution in [0.4, 0.5) is 4.39 Å². The number of hydrogen-bond donors (Lipinski definition) is 1. The van der Waals surface area contributed by atoms with E-state index in [1.165, 1.54) is 22.7 Å². The molecule has 1 N–H and O–H groups in total. The van der Waals surface area contributed by atoms with Crippen molar-refractivity contribution >= 4 is 15.9 Å². The third-order valence-electron chi connectivity index (χ3n) is 4.47. The molecule has 1 fully saturated rings. The number of oxazole rings is 1. The second kappa shape index (κ2) is 8.18. The maximum absolute atomic E-state index is 13.0. The predicted octanol–water partition coefficient (Wildman–Crippen LogP) is 1.95. The van der Waals surface area contributed by atoms with Crippen molar-refractivity contribution in [1.82, 2.24) is 14.6 Å². The van der Waals surface area contributed by atoms with Crippen molar-refractivity contribution < 1.29 is 22.0 Å². The molecule has 1 aromatic heterocycles. The summed E-state index contributed by atoms with van der Waals surface area (Å²) in [5.74, 6) is 0.441. The molecule has 1 amide bonds. The van der Waals surface area contributed by atoms with Crippen LogP contribution < -0.4 is 5.32 Å². The Kier molecular flexibility index (Phi) is 5.91. The summed E-state index contributed by atoms with van der Waals surface area (Å²) in [6, 6.07) is 5.70. The molecular weight excluding hydrogens is 373 g/mol. The average molecular weight is 395 g/mol. The van der Waals surface area contributed by atoms with Crippen LogP contribution in [-0.2, 0) is 21.2 Å². The van der Waals surface area contributed by atoms with Gasteiger partial charge in [-0.05, 0) is 37.1 Å². The number of amides is 1. The number of nitrogens with zero attached hydrogens (tertiary/aromatic N) is 2. The van der Waals surface area contributed by atoms with Crippen LogP contribution in [0.1, 0.15) is 25.2 Å². The highest BCUT2D eigenvalue weighted by atomic mass is 32.2. The van der Waals surface area contributed by atoms with Gasteiger partial charge in [-0.1, -0.05) is 0 Å². The molecule has 146 valence electrons. The molecule has 1 aromatic carbocycles. The van der Waals surface area contributed by atoms with Crippen LogP contribution in [0.2, 0.25) is 0 Å². The predicted molar refractivity (Wildman–Crippen MR) is 97.8 cm³/mol. The number of hydrogen-bond acceptors (Lipinski definition) is 5. The molecule has 0 bridgehead atoms. The highest BCUT2D eigenvalue weighted by Crippen LogP contribution is 2.21. The van der Waals surface area contributed by atoms with E-state index in [4.69, 9.17) is 4.42 Å². The first-order valence-electron chi connectivity index (χ1n) is 8.76. The first-order chi connectivity index (χ1) is 12.8. The SMILES string of the molecule is CS(=O)(=O)N1CCC[C@@H](NC(=O)CCc2ncc(-c3ccc(F)cc3)o2)C1. The largest absolute Gasteiger partial charge is 0.441 e. The van der Waals surface area contributed by atoms with Crippen LogP contribution >= 0.6 is 0 Å². The third-order valence-corrected chi connectivity index (χ3v) is 5.74. The Bertz CT molecular complexity index is 896. The van der Waals surface area contributed by atoms with E-state index in [9.17, 15) is 17.6 Å². The van der Waals surface area contributed by atoms with E-state index in [1.54, 1.807) is 18.3 Å². The van der Waals surface area contributed by atoms with E-state index in [0.29, 0.717) is 36.7 Å². The number of aryl methyl sites for hydroxylation is 1. The zero-order chi connectivity index (χ0) is 19.4. The number of aromatic nitrogens is 1. The molecule has 2 aromatic rings. The van der Waals surface area contributed by atoms with Gasteiger partial charge in [-0.25, -0.2) is 22.1 Å². The van der Waals surface area contributed by atoms with E-state index in [2.05, 4.69) is 10.3 Å². The van der Waals surface area contributed by atoms with Gasteiger partial charge >= 0.3 is 0 Å². The molecule has 0 saturated carbocycles. The molecule has 3 rings (SSSR count). The fraction of sp³-hybridized carbons (Fsp3) is 0.444. The number of nitrogens with one attached hydrogen (secondary N) is 1. The van der Waals surface area contributed by atoms with Crippen molar-refractivity contribution in [3.05, 3.63) is 42.2 Å². The van der Waals surface area contributed by atoms with E-state index in [1.807, 2.05) is 0 Å². The maximum atomic E-state index is 13.0. The van der Waals surface area contributed by atoms with Crippen LogP contribution in [0, 0.1) is 5.82 Å². The molecular formula is C18H22FN3O4S. The quantitative estimate of drug-likeness (QED) is 0.807. The first-order valence-corrected chi connectivity index (χ1v) is 10.6. The molecule has 0 radical (unpaired) electrons. The van der Waals surface area contributed by atoms with Crippen molar-refractivity contribution in [3.8, 4) is 11.3 Å². The lowest BCUT2D eigenvalue weighted by atomic mass is 10.1. The van der Waals surface area contributed by atoms with Crippen molar-refractivity contribution in [3.63, 3.8) is 0 Å². The molecule has 2 heterocycles. The van der Waals surface area contributed by atoms with Gasteiger partial charge in [0.25, 0.3) is 0 Å². The maximum Gasteiger partial charge on any atom is 0.220 e. The minimum absolute atomic E-state index is 0.170. The molecule has 7 nitrogen and oxygen atoms in total. The Morgan fingerprint density at radius 3 is 2.81 bits per heavy atom. The van der Waals surface area contributed by atoms with Gasteiger partial charge in [0, 0.05) is 37.5 Å². The second-order valence-electron chi connectivity index (χ2n) is 6.65. The Morgan fingerprint density at radius 1 is 1.37 bits per heavy atom. The highest BCUT2D eigenvalue weighted by Gasteiger charge is 2.26. The van der Waals surface area contributed by atoms with Gasteiger partial charge < -0.3 is 9.73 Å². The Hall–Kier alpha value is -2.26. The van der Waals surface area contributed by atoms with E-state index >= 15 is 0 Å². The van der Waals surface area contributed by atoms with Crippen LogP contribution in [0.5, 0.6) is 0 Å². The fourth-order valence-electron chi connectivity index (χ4n) is 3.06. The van der Waals surface area contributed by atoms with Crippen molar-refractivity contribution in [2.45, 2.75) is 31.7 Å². The number of piperidine rings is 1. The highest BCUT2D eigenvalue weighted by molar-refractivity contribution is 7.88. The zero-order valence-corrected chi connectivity index (χ0v) is 15.8. The van der Waals surface area contributed by atoms with Gasteiger partial charge in [0.05, 0.1) is 12.5 Å². The summed E-state index contributed by atoms with van der Waals surface area (Å²) in [5.41, 5.74) is 0.711. The standard InChI is InChI=1S/C18H22FN3O4S/c1-27(24,25)22-10-2-3-15(12-22)21-17(23)8-9-18-20-11-16(26-18)13-4-6-14(19)7-5-13/h4-7,11,15H,2-3,8-10,12H2,1H3,(H,21,23)/t15-/m1/s1. The zero-order valence-electron chi connectivity index (χ0n) is 15.0. The average Bonchev–Trinajstić information content (AvgIpc) is 3.09. The smallest absolute Gasteiger partial charge is 0.220 e. The van der Waals surface area contributed by atoms with Crippen LogP contribution in [0.25, 0.3) is 11.3 Å². The van der Waals surface area contributed by atoms with E-state index in [0.717, 1.165) is 12.8 Å². The Balaban J connectivity index is 1.50. The minimum Gasteiger partial charge on any atom is -0.441 e. The number of carbonyl (C=O) groups is 1. The van der Waals surface area contributed by atoms with E-state index in [-0.39, 0.29) is 24.2 Å². The lowest BCUT2D eigenvalue weighted by molar-refractivity contribution is -0.122. The molecule has 1 aliphatic rings. The molecule has 0 aliphatic carbocycles. The summed E-state index contributed by atoms with van der Waals surface area (Å²) in [6.07, 6.45) is 4.72. The van der Waals surface area contributed by atoms with Crippen molar-refractivity contribution in [2.75, 3.05) is 19.3 Å². The van der Waals surface area contributed by atoms with Gasteiger partial charge in [-0.3, -0.25) is 4.79 Å². The first kappa shape index (κ1) is 19.5. The lowest BCUT2D eigenvalue weighted by Crippen LogP contribution is -2.49. The summed E-state index contributed by atoms with van der Waals surface area (Å²) < 4.78 is 43.3. The number of rotatable bonds is 6. The number of carbonyl (C=O) groups excluding carboxylic acids is 1. The number of benzene rings is 1. The monoisotopic (exact) mass is 395 g/mol. The number of sulfonamides is 1. The number of halogens is 1. The third kappa shape index (κ3) is 5.36. The Morgan fingerprint density at radius 2 is 2.11 bits per heavy atom.